The number of aliphatic hydroxyl groups is 1. The van der Waals surface area contributed by atoms with E-state index in [1.54, 1.807) is 0 Å². The van der Waals surface area contributed by atoms with Gasteiger partial charge in [-0.3, -0.25) is 4.79 Å². The van der Waals surface area contributed by atoms with E-state index in [0.717, 1.165) is 0 Å². The lowest BCUT2D eigenvalue weighted by Crippen LogP contribution is -2.35. The van der Waals surface area contributed by atoms with E-state index >= 15 is 0 Å². The molecule has 0 radical (unpaired) electrons. The maximum absolute atomic E-state index is 11.2. The minimum absolute atomic E-state index is 0.0932. The van der Waals surface area contributed by atoms with Crippen LogP contribution in [0.15, 0.2) is 0 Å². The highest BCUT2D eigenvalue weighted by Crippen LogP contribution is 1.94. The Labute approximate surface area is 79.9 Å². The SMILES string of the molecule is CC(C)NC(=O)C[C@@H](O)CN(C)C. The van der Waals surface area contributed by atoms with Gasteiger partial charge in [0.15, 0.2) is 0 Å². The quantitative estimate of drug-likeness (QED) is 0.629. The zero-order valence-electron chi connectivity index (χ0n) is 8.87. The molecule has 0 aliphatic carbocycles. The zero-order valence-corrected chi connectivity index (χ0v) is 8.87. The average Bonchev–Trinajstić information content (AvgIpc) is 1.80. The van der Waals surface area contributed by atoms with Gasteiger partial charge in [-0.2, -0.15) is 0 Å². The van der Waals surface area contributed by atoms with Crippen LogP contribution in [0, 0.1) is 0 Å². The van der Waals surface area contributed by atoms with Gasteiger partial charge in [-0.1, -0.05) is 0 Å². The van der Waals surface area contributed by atoms with E-state index in [9.17, 15) is 9.90 Å². The highest BCUT2D eigenvalue weighted by Gasteiger charge is 2.11. The van der Waals surface area contributed by atoms with Crippen LogP contribution >= 0.6 is 0 Å². The molecule has 0 unspecified atom stereocenters. The third kappa shape index (κ3) is 7.74. The summed E-state index contributed by atoms with van der Waals surface area (Å²) in [5.41, 5.74) is 0. The number of nitrogens with one attached hydrogen (secondary N) is 1. The summed E-state index contributed by atoms with van der Waals surface area (Å²) in [6.07, 6.45) is -0.398. The molecule has 0 aromatic carbocycles. The normalized spacial score (nSPS) is 13.5. The molecule has 0 heterocycles. The Hall–Kier alpha value is -0.610. The van der Waals surface area contributed by atoms with Gasteiger partial charge in [0.2, 0.25) is 5.91 Å². The number of nitrogens with zero attached hydrogens (tertiary/aromatic N) is 1. The minimum atomic E-state index is -0.575. The summed E-state index contributed by atoms with van der Waals surface area (Å²) in [7, 11) is 3.73. The molecule has 4 heteroatoms. The molecule has 2 N–H and O–H groups in total. The van der Waals surface area contributed by atoms with Crippen molar-refractivity contribution in [3.63, 3.8) is 0 Å². The van der Waals surface area contributed by atoms with E-state index < -0.39 is 6.10 Å². The van der Waals surface area contributed by atoms with Crippen molar-refractivity contribution >= 4 is 5.91 Å². The Kier molecular flexibility index (Phi) is 5.66. The number of hydrogen-bond acceptors (Lipinski definition) is 3. The van der Waals surface area contributed by atoms with Gasteiger partial charge in [0.05, 0.1) is 12.5 Å². The van der Waals surface area contributed by atoms with E-state index in [-0.39, 0.29) is 18.4 Å². The van der Waals surface area contributed by atoms with E-state index in [1.807, 2.05) is 32.8 Å². The lowest BCUT2D eigenvalue weighted by atomic mass is 10.2. The zero-order chi connectivity index (χ0) is 10.4. The molecule has 0 fully saturated rings. The fraction of sp³-hybridized carbons (Fsp3) is 0.889. The summed E-state index contributed by atoms with van der Waals surface area (Å²) >= 11 is 0. The molecule has 0 saturated heterocycles. The van der Waals surface area contributed by atoms with Crippen molar-refractivity contribution in [3.8, 4) is 0 Å². The predicted molar refractivity (Wildman–Crippen MR) is 52.5 cm³/mol. The molecule has 0 aliphatic rings. The highest BCUT2D eigenvalue weighted by atomic mass is 16.3. The molecule has 0 rings (SSSR count). The monoisotopic (exact) mass is 188 g/mol. The molecule has 13 heavy (non-hydrogen) atoms. The van der Waals surface area contributed by atoms with Crippen LogP contribution in [0.25, 0.3) is 0 Å². The molecule has 0 saturated carbocycles. The van der Waals surface area contributed by atoms with Crippen molar-refractivity contribution in [3.05, 3.63) is 0 Å². The molecule has 78 valence electrons. The van der Waals surface area contributed by atoms with Crippen molar-refractivity contribution in [2.45, 2.75) is 32.4 Å². The van der Waals surface area contributed by atoms with E-state index in [1.165, 1.54) is 0 Å². The summed E-state index contributed by atoms with van der Waals surface area (Å²) in [6.45, 7) is 4.32. The second-order valence-corrected chi connectivity index (χ2v) is 3.84. The summed E-state index contributed by atoms with van der Waals surface area (Å²) in [5.74, 6) is -0.0932. The Morgan fingerprint density at radius 1 is 1.46 bits per heavy atom. The van der Waals surface area contributed by atoms with Crippen LogP contribution in [-0.4, -0.2) is 48.7 Å². The number of amides is 1. The molecule has 1 atom stereocenters. The molecule has 1 amide bonds. The third-order valence-electron chi connectivity index (χ3n) is 1.45. The fourth-order valence-electron chi connectivity index (χ4n) is 1.08. The molecular weight excluding hydrogens is 168 g/mol. The fourth-order valence-corrected chi connectivity index (χ4v) is 1.08. The number of carbonyl (C=O) groups is 1. The smallest absolute Gasteiger partial charge is 0.222 e. The van der Waals surface area contributed by atoms with Crippen molar-refractivity contribution < 1.29 is 9.90 Å². The van der Waals surface area contributed by atoms with E-state index in [4.69, 9.17) is 0 Å². The first-order chi connectivity index (χ1) is 5.91. The summed E-state index contributed by atoms with van der Waals surface area (Å²) < 4.78 is 0. The van der Waals surface area contributed by atoms with Gasteiger partial charge in [0.1, 0.15) is 0 Å². The number of carbonyl (C=O) groups excluding carboxylic acids is 1. The molecule has 0 aromatic rings. The maximum Gasteiger partial charge on any atom is 0.222 e. The Morgan fingerprint density at radius 3 is 2.38 bits per heavy atom. The second-order valence-electron chi connectivity index (χ2n) is 3.84. The van der Waals surface area contributed by atoms with Crippen molar-refractivity contribution in [2.75, 3.05) is 20.6 Å². The van der Waals surface area contributed by atoms with Crippen molar-refractivity contribution in [1.29, 1.82) is 0 Å². The number of hydrogen-bond donors (Lipinski definition) is 2. The van der Waals surface area contributed by atoms with Crippen LogP contribution in [0.1, 0.15) is 20.3 Å². The van der Waals surface area contributed by atoms with Gasteiger partial charge in [-0.25, -0.2) is 0 Å². The third-order valence-corrected chi connectivity index (χ3v) is 1.45. The van der Waals surface area contributed by atoms with Crippen molar-refractivity contribution in [1.82, 2.24) is 10.2 Å². The Bertz CT molecular complexity index is 158. The first-order valence-corrected chi connectivity index (χ1v) is 4.54. The lowest BCUT2D eigenvalue weighted by Gasteiger charge is -2.16. The van der Waals surface area contributed by atoms with Gasteiger partial charge in [0.25, 0.3) is 0 Å². The van der Waals surface area contributed by atoms with Gasteiger partial charge in [-0.15, -0.1) is 0 Å². The summed E-state index contributed by atoms with van der Waals surface area (Å²) in [5, 5.41) is 12.1. The maximum atomic E-state index is 11.2. The highest BCUT2D eigenvalue weighted by molar-refractivity contribution is 5.76. The predicted octanol–water partition coefficient (Wildman–Crippen LogP) is -0.176. The molecule has 0 aliphatic heterocycles. The van der Waals surface area contributed by atoms with Crippen LogP contribution in [-0.2, 0) is 4.79 Å². The molecule has 0 bridgehead atoms. The average molecular weight is 188 g/mol. The van der Waals surface area contributed by atoms with E-state index in [0.29, 0.717) is 6.54 Å². The van der Waals surface area contributed by atoms with Gasteiger partial charge < -0.3 is 15.3 Å². The summed E-state index contributed by atoms with van der Waals surface area (Å²) in [4.78, 5) is 13.0. The minimum Gasteiger partial charge on any atom is -0.391 e. The van der Waals surface area contributed by atoms with Gasteiger partial charge >= 0.3 is 0 Å². The molecule has 4 nitrogen and oxygen atoms in total. The molecule has 0 aromatic heterocycles. The second kappa shape index (κ2) is 5.94. The van der Waals surface area contributed by atoms with Crippen LogP contribution < -0.4 is 5.32 Å². The summed E-state index contributed by atoms with van der Waals surface area (Å²) in [6, 6.07) is 0.138. The standard InChI is InChI=1S/C9H20N2O2/c1-7(2)10-9(13)5-8(12)6-11(3)4/h7-8,12H,5-6H2,1-4H3,(H,10,13)/t8-/m1/s1. The van der Waals surface area contributed by atoms with Crippen LogP contribution in [0.2, 0.25) is 0 Å². The topological polar surface area (TPSA) is 52.6 Å². The van der Waals surface area contributed by atoms with Crippen LogP contribution in [0.4, 0.5) is 0 Å². The number of likely N-dealkylation sites (N-methyl/N-ethyl adjacent to an activating group) is 1. The van der Waals surface area contributed by atoms with Crippen LogP contribution in [0.3, 0.4) is 0 Å². The number of rotatable bonds is 5. The Balaban J connectivity index is 3.65. The first kappa shape index (κ1) is 12.4. The van der Waals surface area contributed by atoms with Gasteiger partial charge in [-0.05, 0) is 27.9 Å². The Morgan fingerprint density at radius 2 is 2.00 bits per heavy atom. The van der Waals surface area contributed by atoms with Gasteiger partial charge in [0, 0.05) is 12.6 Å². The molecular formula is C9H20N2O2. The first-order valence-electron chi connectivity index (χ1n) is 4.54. The van der Waals surface area contributed by atoms with E-state index in [2.05, 4.69) is 5.32 Å². The lowest BCUT2D eigenvalue weighted by molar-refractivity contribution is -0.123. The largest absolute Gasteiger partial charge is 0.391 e. The number of aliphatic hydroxyl groups excluding tert-OH is 1. The molecule has 0 spiro atoms. The van der Waals surface area contributed by atoms with Crippen molar-refractivity contribution in [2.24, 2.45) is 0 Å². The van der Waals surface area contributed by atoms with Crippen LogP contribution in [0.5, 0.6) is 0 Å².